The second-order valence-corrected chi connectivity index (χ2v) is 10.8. The first-order valence-electron chi connectivity index (χ1n) is 11.5. The molecule has 0 spiro atoms. The van der Waals surface area contributed by atoms with Gasteiger partial charge in [0.1, 0.15) is 0 Å². The van der Waals surface area contributed by atoms with Crippen LogP contribution < -0.4 is 14.8 Å². The number of fused-ring (bicyclic) bond motifs is 1. The first-order valence-corrected chi connectivity index (χ1v) is 11.5. The number of benzene rings is 1. The van der Waals surface area contributed by atoms with Crippen LogP contribution >= 0.6 is 0 Å². The van der Waals surface area contributed by atoms with E-state index in [1.165, 1.54) is 55.4 Å². The number of nitrogens with one attached hydrogen (secondary N) is 1. The molecule has 0 saturated heterocycles. The second-order valence-electron chi connectivity index (χ2n) is 10.8. The van der Waals surface area contributed by atoms with Gasteiger partial charge in [0.05, 0.1) is 19.8 Å². The Hall–Kier alpha value is -1.55. The van der Waals surface area contributed by atoms with Gasteiger partial charge in [-0.05, 0) is 94.2 Å². The van der Waals surface area contributed by atoms with Crippen LogP contribution in [0.5, 0.6) is 11.5 Å². The zero-order chi connectivity index (χ0) is 20.2. The molecule has 1 aliphatic heterocycles. The predicted molar refractivity (Wildman–Crippen MR) is 117 cm³/mol. The average Bonchev–Trinajstić information content (AvgIpc) is 2.65. The third kappa shape index (κ3) is 3.58. The summed E-state index contributed by atoms with van der Waals surface area (Å²) in [6.07, 6.45) is 10.6. The molecule has 158 valence electrons. The van der Waals surface area contributed by atoms with Crippen LogP contribution in [-0.4, -0.2) is 37.6 Å². The highest BCUT2D eigenvalue weighted by molar-refractivity contribution is 6.03. The molecule has 0 radical (unpaired) electrons. The van der Waals surface area contributed by atoms with Crippen molar-refractivity contribution in [2.75, 3.05) is 20.8 Å². The molecule has 0 amide bonds. The van der Waals surface area contributed by atoms with Gasteiger partial charge in [-0.2, -0.15) is 0 Å². The van der Waals surface area contributed by atoms with Crippen LogP contribution in [0.15, 0.2) is 17.1 Å². The molecular formula is C25H36N2O2. The lowest BCUT2D eigenvalue weighted by Crippen LogP contribution is -2.58. The number of rotatable bonds is 6. The first-order chi connectivity index (χ1) is 13.9. The van der Waals surface area contributed by atoms with Gasteiger partial charge in [0, 0.05) is 29.8 Å². The van der Waals surface area contributed by atoms with Gasteiger partial charge < -0.3 is 14.8 Å². The van der Waals surface area contributed by atoms with E-state index in [4.69, 9.17) is 14.5 Å². The highest BCUT2D eigenvalue weighted by atomic mass is 16.5. The van der Waals surface area contributed by atoms with Crippen LogP contribution in [0, 0.1) is 17.8 Å². The second kappa shape index (κ2) is 7.01. The minimum absolute atomic E-state index is 0.0668. The van der Waals surface area contributed by atoms with Gasteiger partial charge in [0.15, 0.2) is 11.5 Å². The van der Waals surface area contributed by atoms with E-state index in [2.05, 4.69) is 31.3 Å². The summed E-state index contributed by atoms with van der Waals surface area (Å²) in [4.78, 5) is 5.15. The molecule has 4 fully saturated rings. The van der Waals surface area contributed by atoms with E-state index in [0.717, 1.165) is 48.6 Å². The summed E-state index contributed by atoms with van der Waals surface area (Å²) in [5, 5.41) is 4.05. The van der Waals surface area contributed by atoms with Gasteiger partial charge in [-0.3, -0.25) is 4.99 Å². The zero-order valence-corrected chi connectivity index (χ0v) is 18.5. The third-order valence-electron chi connectivity index (χ3n) is 7.88. The van der Waals surface area contributed by atoms with Crippen molar-refractivity contribution < 1.29 is 9.47 Å². The van der Waals surface area contributed by atoms with Crippen LogP contribution in [0.2, 0.25) is 0 Å². The third-order valence-corrected chi connectivity index (χ3v) is 7.88. The van der Waals surface area contributed by atoms with E-state index < -0.39 is 0 Å². The van der Waals surface area contributed by atoms with Crippen molar-refractivity contribution in [2.24, 2.45) is 22.7 Å². The van der Waals surface area contributed by atoms with E-state index in [-0.39, 0.29) is 5.54 Å². The standard InChI is InChI=1S/C25H36N2O2/c1-24(2)15-19-10-22(28-3)23(29-4)11-20(19)21(27-24)5-6-26-25-12-16-7-17(13-25)9-18(8-16)14-25/h10-11,16-18,26H,5-9,12-15H2,1-4H3. The number of nitrogens with zero attached hydrogens (tertiary/aromatic N) is 1. The maximum absolute atomic E-state index is 5.58. The molecule has 29 heavy (non-hydrogen) atoms. The fourth-order valence-electron chi connectivity index (χ4n) is 7.23. The van der Waals surface area contributed by atoms with Crippen molar-refractivity contribution in [3.8, 4) is 11.5 Å². The molecule has 1 aromatic rings. The van der Waals surface area contributed by atoms with Crippen molar-refractivity contribution in [1.29, 1.82) is 0 Å². The van der Waals surface area contributed by atoms with Crippen molar-refractivity contribution in [2.45, 2.75) is 76.3 Å². The molecule has 6 rings (SSSR count). The zero-order valence-electron chi connectivity index (χ0n) is 18.5. The summed E-state index contributed by atoms with van der Waals surface area (Å²) in [6, 6.07) is 4.28. The Morgan fingerprint density at radius 1 is 0.966 bits per heavy atom. The van der Waals surface area contributed by atoms with Crippen LogP contribution in [-0.2, 0) is 6.42 Å². The van der Waals surface area contributed by atoms with Gasteiger partial charge in [-0.15, -0.1) is 0 Å². The summed E-state index contributed by atoms with van der Waals surface area (Å²) in [6.45, 7) is 5.49. The van der Waals surface area contributed by atoms with Crippen LogP contribution in [0.1, 0.15) is 69.9 Å². The van der Waals surface area contributed by atoms with Crippen molar-refractivity contribution >= 4 is 5.71 Å². The maximum Gasteiger partial charge on any atom is 0.161 e. The normalized spacial score (nSPS) is 33.9. The van der Waals surface area contributed by atoms with Crippen molar-refractivity contribution in [3.05, 3.63) is 23.3 Å². The van der Waals surface area contributed by atoms with Gasteiger partial charge >= 0.3 is 0 Å². The predicted octanol–water partition coefficient (Wildman–Crippen LogP) is 4.78. The van der Waals surface area contributed by atoms with Crippen LogP contribution in [0.25, 0.3) is 0 Å². The molecule has 0 aromatic heterocycles. The number of hydrogen-bond donors (Lipinski definition) is 1. The van der Waals surface area contributed by atoms with E-state index >= 15 is 0 Å². The Balaban J connectivity index is 1.34. The molecule has 1 heterocycles. The Kier molecular flexibility index (Phi) is 4.69. The Morgan fingerprint density at radius 2 is 1.55 bits per heavy atom. The molecule has 5 aliphatic rings. The monoisotopic (exact) mass is 396 g/mol. The molecule has 1 N–H and O–H groups in total. The van der Waals surface area contributed by atoms with E-state index in [1.807, 2.05) is 0 Å². The lowest BCUT2D eigenvalue weighted by molar-refractivity contribution is -0.0190. The van der Waals surface area contributed by atoms with E-state index in [1.54, 1.807) is 14.2 Å². The number of aliphatic imine (C=N–C) groups is 1. The van der Waals surface area contributed by atoms with Crippen molar-refractivity contribution in [3.63, 3.8) is 0 Å². The molecule has 1 aromatic carbocycles. The molecule has 4 heteroatoms. The minimum Gasteiger partial charge on any atom is -0.493 e. The Morgan fingerprint density at radius 3 is 2.14 bits per heavy atom. The first kappa shape index (κ1) is 19.4. The fourth-order valence-corrected chi connectivity index (χ4v) is 7.23. The SMILES string of the molecule is COc1cc2c(cc1OC)C(CCNC13CC4CC(CC(C4)C1)C3)=NC(C)(C)C2. The number of hydrogen-bond acceptors (Lipinski definition) is 4. The van der Waals surface area contributed by atoms with E-state index in [9.17, 15) is 0 Å². The van der Waals surface area contributed by atoms with Crippen LogP contribution in [0.4, 0.5) is 0 Å². The highest BCUT2D eigenvalue weighted by Crippen LogP contribution is 2.55. The molecule has 4 saturated carbocycles. The topological polar surface area (TPSA) is 42.9 Å². The summed E-state index contributed by atoms with van der Waals surface area (Å²) in [5.41, 5.74) is 4.14. The lowest BCUT2D eigenvalue weighted by atomic mass is 9.53. The molecule has 4 bridgehead atoms. The number of methoxy groups -OCH3 is 2. The van der Waals surface area contributed by atoms with Gasteiger partial charge in [-0.25, -0.2) is 0 Å². The van der Waals surface area contributed by atoms with Crippen molar-refractivity contribution in [1.82, 2.24) is 5.32 Å². The average molecular weight is 397 g/mol. The quantitative estimate of drug-likeness (QED) is 0.753. The van der Waals surface area contributed by atoms with Gasteiger partial charge in [0.25, 0.3) is 0 Å². The van der Waals surface area contributed by atoms with Gasteiger partial charge in [-0.1, -0.05) is 0 Å². The molecule has 4 aliphatic carbocycles. The molecular weight excluding hydrogens is 360 g/mol. The highest BCUT2D eigenvalue weighted by Gasteiger charge is 2.50. The van der Waals surface area contributed by atoms with Crippen LogP contribution in [0.3, 0.4) is 0 Å². The van der Waals surface area contributed by atoms with E-state index in [0.29, 0.717) is 5.54 Å². The molecule has 0 atom stereocenters. The van der Waals surface area contributed by atoms with Gasteiger partial charge in [0.2, 0.25) is 0 Å². The summed E-state index contributed by atoms with van der Waals surface area (Å²) < 4.78 is 11.1. The Bertz CT molecular complexity index is 791. The summed E-state index contributed by atoms with van der Waals surface area (Å²) in [5.74, 6) is 4.56. The Labute approximate surface area is 175 Å². The largest absolute Gasteiger partial charge is 0.493 e. The fraction of sp³-hybridized carbons (Fsp3) is 0.720. The minimum atomic E-state index is -0.0668. The summed E-state index contributed by atoms with van der Waals surface area (Å²) >= 11 is 0. The molecule has 4 nitrogen and oxygen atoms in total. The smallest absolute Gasteiger partial charge is 0.161 e. The molecule has 0 unspecified atom stereocenters. The lowest BCUT2D eigenvalue weighted by Gasteiger charge is -2.57. The summed E-state index contributed by atoms with van der Waals surface area (Å²) in [7, 11) is 3.42. The number of ether oxygens (including phenoxy) is 2. The maximum atomic E-state index is 5.58.